The van der Waals surface area contributed by atoms with Crippen molar-refractivity contribution in [2.75, 3.05) is 0 Å². The van der Waals surface area contributed by atoms with Crippen LogP contribution in [-0.2, 0) is 47.7 Å². The third kappa shape index (κ3) is 7.21. The van der Waals surface area contributed by atoms with Gasteiger partial charge in [-0.25, -0.2) is 4.79 Å². The molecule has 11 heteroatoms. The standard InChI is InChI=1S/C40H56O11/c1-21(2)11-10-12-26(36(45)46)34-28-19-29(44)35-38(7)17-16-30(50-33-14-13-31(47-23(4)41)37(51-33)49-25(6)43)22(3)27(38)15-18-39(35,8)40(28,9)20-32(34)48-24(5)42/h11,13-14,22,27-28,30-33,35,37H,10,12,15-20H2,1-9H3,(H,45,46)/b34-26-/t22-,27?,28-,30+,31-,32-,33-,35?,37-,38-,39-,40-/m0/s1. The van der Waals surface area contributed by atoms with E-state index in [0.717, 1.165) is 24.8 Å². The van der Waals surface area contributed by atoms with E-state index in [2.05, 4.69) is 27.7 Å². The molecule has 1 aliphatic heterocycles. The van der Waals surface area contributed by atoms with Gasteiger partial charge in [0, 0.05) is 38.7 Å². The molecule has 2 unspecified atom stereocenters. The maximum atomic E-state index is 14.7. The fourth-order valence-corrected chi connectivity index (χ4v) is 11.0. The molecule has 5 rings (SSSR count). The summed E-state index contributed by atoms with van der Waals surface area (Å²) in [4.78, 5) is 63.3. The van der Waals surface area contributed by atoms with E-state index in [0.29, 0.717) is 31.3 Å². The lowest BCUT2D eigenvalue weighted by Gasteiger charge is -2.67. The van der Waals surface area contributed by atoms with Gasteiger partial charge in [0.05, 0.1) is 6.10 Å². The van der Waals surface area contributed by atoms with Crippen LogP contribution in [0, 0.1) is 39.9 Å². The molecule has 0 amide bonds. The molecule has 0 saturated heterocycles. The zero-order valence-corrected chi connectivity index (χ0v) is 31.6. The Labute approximate surface area is 301 Å². The Hall–Kier alpha value is -3.31. The Morgan fingerprint density at radius 1 is 0.922 bits per heavy atom. The van der Waals surface area contributed by atoms with E-state index in [9.17, 15) is 29.1 Å². The van der Waals surface area contributed by atoms with Gasteiger partial charge in [0.2, 0.25) is 6.29 Å². The number of hydrogen-bond acceptors (Lipinski definition) is 10. The van der Waals surface area contributed by atoms with Crippen molar-refractivity contribution >= 4 is 29.7 Å². The van der Waals surface area contributed by atoms with Gasteiger partial charge in [0.15, 0.2) is 12.4 Å². The molecule has 4 aliphatic carbocycles. The number of fused-ring (bicyclic) bond motifs is 5. The second-order valence-corrected chi connectivity index (χ2v) is 16.5. The summed E-state index contributed by atoms with van der Waals surface area (Å²) < 4.78 is 28.9. The largest absolute Gasteiger partial charge is 0.478 e. The summed E-state index contributed by atoms with van der Waals surface area (Å²) in [5, 5.41) is 10.5. The highest BCUT2D eigenvalue weighted by Crippen LogP contribution is 2.73. The number of rotatable bonds is 9. The second kappa shape index (κ2) is 14.6. The number of carboxylic acid groups (broad SMARTS) is 1. The lowest BCUT2D eigenvalue weighted by molar-refractivity contribution is -0.276. The predicted octanol–water partition coefficient (Wildman–Crippen LogP) is 6.63. The number of aliphatic carboxylic acids is 1. The third-order valence-corrected chi connectivity index (χ3v) is 13.2. The second-order valence-electron chi connectivity index (χ2n) is 16.5. The van der Waals surface area contributed by atoms with Crippen LogP contribution in [-0.4, -0.2) is 65.7 Å². The maximum absolute atomic E-state index is 14.7. The fraction of sp³-hybridized carbons (Fsp3) is 0.725. The Bertz CT molecular complexity index is 1520. The summed E-state index contributed by atoms with van der Waals surface area (Å²) in [5.74, 6) is -2.76. The molecule has 4 saturated carbocycles. The van der Waals surface area contributed by atoms with Crippen LogP contribution in [0.2, 0.25) is 0 Å². The van der Waals surface area contributed by atoms with Gasteiger partial charge in [-0.2, -0.15) is 0 Å². The Kier molecular flexibility index (Phi) is 11.1. The fourth-order valence-electron chi connectivity index (χ4n) is 11.0. The van der Waals surface area contributed by atoms with Crippen molar-refractivity contribution in [3.63, 3.8) is 0 Å². The first kappa shape index (κ1) is 38.9. The van der Waals surface area contributed by atoms with Crippen LogP contribution in [0.3, 0.4) is 0 Å². The van der Waals surface area contributed by atoms with Crippen molar-refractivity contribution < 1.29 is 52.8 Å². The summed E-state index contributed by atoms with van der Waals surface area (Å²) in [6, 6.07) is 0. The summed E-state index contributed by atoms with van der Waals surface area (Å²) >= 11 is 0. The third-order valence-electron chi connectivity index (χ3n) is 13.2. The van der Waals surface area contributed by atoms with E-state index in [1.54, 1.807) is 12.2 Å². The topological polar surface area (TPSA) is 152 Å². The smallest absolute Gasteiger partial charge is 0.331 e. The number of carbonyl (C=O) groups is 5. The van der Waals surface area contributed by atoms with Crippen molar-refractivity contribution in [2.45, 2.75) is 145 Å². The number of allylic oxidation sites excluding steroid dienone is 2. The van der Waals surface area contributed by atoms with Gasteiger partial charge in [0.1, 0.15) is 11.9 Å². The molecule has 11 nitrogen and oxygen atoms in total. The minimum absolute atomic E-state index is 0.0727. The van der Waals surface area contributed by atoms with E-state index in [1.165, 1.54) is 20.8 Å². The van der Waals surface area contributed by atoms with E-state index >= 15 is 0 Å². The van der Waals surface area contributed by atoms with Crippen LogP contribution >= 0.6 is 0 Å². The molecule has 1 heterocycles. The first-order chi connectivity index (χ1) is 23.8. The highest BCUT2D eigenvalue weighted by atomic mass is 16.8. The lowest BCUT2D eigenvalue weighted by Crippen LogP contribution is -2.64. The van der Waals surface area contributed by atoms with Gasteiger partial charge >= 0.3 is 23.9 Å². The number of ether oxygens (including phenoxy) is 5. The van der Waals surface area contributed by atoms with Gasteiger partial charge in [-0.05, 0) is 111 Å². The zero-order valence-electron chi connectivity index (χ0n) is 31.6. The highest BCUT2D eigenvalue weighted by molar-refractivity contribution is 5.90. The van der Waals surface area contributed by atoms with Crippen molar-refractivity contribution in [1.82, 2.24) is 0 Å². The van der Waals surface area contributed by atoms with Crippen LogP contribution in [0.25, 0.3) is 0 Å². The van der Waals surface area contributed by atoms with Gasteiger partial charge in [-0.15, -0.1) is 0 Å². The van der Waals surface area contributed by atoms with Gasteiger partial charge in [0.25, 0.3) is 0 Å². The molecule has 282 valence electrons. The lowest BCUT2D eigenvalue weighted by atomic mass is 9.37. The molecule has 0 radical (unpaired) electrons. The van der Waals surface area contributed by atoms with Gasteiger partial charge < -0.3 is 28.8 Å². The molecule has 1 N–H and O–H groups in total. The van der Waals surface area contributed by atoms with E-state index in [4.69, 9.17) is 23.7 Å². The maximum Gasteiger partial charge on any atom is 0.331 e. The molecule has 12 atom stereocenters. The molecule has 0 spiro atoms. The first-order valence-electron chi connectivity index (χ1n) is 18.5. The van der Waals surface area contributed by atoms with Gasteiger partial charge in [-0.3, -0.25) is 19.2 Å². The predicted molar refractivity (Wildman–Crippen MR) is 186 cm³/mol. The monoisotopic (exact) mass is 712 g/mol. The molecule has 0 aromatic heterocycles. The summed E-state index contributed by atoms with van der Waals surface area (Å²) in [6.07, 6.45) is 6.22. The molecule has 5 aliphatic rings. The normalized spacial score (nSPS) is 41.0. The number of hydrogen-bond donors (Lipinski definition) is 1. The number of carboxylic acids is 1. The average molecular weight is 713 g/mol. The first-order valence-corrected chi connectivity index (χ1v) is 18.5. The summed E-state index contributed by atoms with van der Waals surface area (Å²) in [5.41, 5.74) is 0.742. The molecule has 0 bridgehead atoms. The molecule has 4 fully saturated rings. The summed E-state index contributed by atoms with van der Waals surface area (Å²) in [7, 11) is 0. The van der Waals surface area contributed by atoms with Crippen molar-refractivity contribution in [3.8, 4) is 0 Å². The SMILES string of the molecule is CC(=O)O[C@H]1O[C@H](O[C@@H]2CC[C@@]3(C)C(CC[C@@]4(C)C3C(=O)C[C@H]3/C(=C(\CCC=C(C)C)C(=O)O)[C@@H](OC(C)=O)C[C@@]34C)[C@@H]2C)C=C[C@@H]1OC(C)=O. The Morgan fingerprint density at radius 2 is 1.59 bits per heavy atom. The van der Waals surface area contributed by atoms with Crippen LogP contribution in [0.5, 0.6) is 0 Å². The number of esters is 3. The van der Waals surface area contributed by atoms with Gasteiger partial charge in [-0.1, -0.05) is 39.3 Å². The summed E-state index contributed by atoms with van der Waals surface area (Å²) in [6.45, 7) is 16.7. The Balaban J connectivity index is 1.42. The van der Waals surface area contributed by atoms with Crippen LogP contribution in [0.4, 0.5) is 0 Å². The number of ketones is 1. The molecule has 0 aromatic rings. The van der Waals surface area contributed by atoms with Crippen molar-refractivity contribution in [2.24, 2.45) is 39.9 Å². The van der Waals surface area contributed by atoms with Crippen molar-refractivity contribution in [1.29, 1.82) is 0 Å². The minimum Gasteiger partial charge on any atom is -0.478 e. The molecular formula is C40H56O11. The zero-order chi connectivity index (χ0) is 37.6. The number of Topliss-reactive ketones (excluding diaryl/α,β-unsaturated/α-hetero) is 1. The molecule has 51 heavy (non-hydrogen) atoms. The minimum atomic E-state index is -1.13. The van der Waals surface area contributed by atoms with E-state index in [1.807, 2.05) is 19.9 Å². The van der Waals surface area contributed by atoms with E-state index in [-0.39, 0.29) is 53.0 Å². The van der Waals surface area contributed by atoms with E-state index < -0.39 is 59.5 Å². The average Bonchev–Trinajstić information content (AvgIpc) is 3.28. The number of carbonyl (C=O) groups excluding carboxylic acids is 4. The van der Waals surface area contributed by atoms with Crippen LogP contribution in [0.1, 0.15) is 114 Å². The quantitative estimate of drug-likeness (QED) is 0.119. The van der Waals surface area contributed by atoms with Crippen LogP contribution in [0.15, 0.2) is 34.9 Å². The molecular weight excluding hydrogens is 656 g/mol. The van der Waals surface area contributed by atoms with Crippen LogP contribution < -0.4 is 0 Å². The highest BCUT2D eigenvalue weighted by Gasteiger charge is 2.71. The molecule has 0 aromatic carbocycles. The van der Waals surface area contributed by atoms with Crippen molar-refractivity contribution in [3.05, 3.63) is 34.9 Å². The Morgan fingerprint density at radius 3 is 2.20 bits per heavy atom.